The smallest absolute Gasteiger partial charge is 0.0702 e. The van der Waals surface area contributed by atoms with Crippen LogP contribution in [0.5, 0.6) is 0 Å². The molecule has 2 heteroatoms. The van der Waals surface area contributed by atoms with Gasteiger partial charge in [-0.3, -0.25) is 4.98 Å². The van der Waals surface area contributed by atoms with Gasteiger partial charge < -0.3 is 5.73 Å². The Kier molecular flexibility index (Phi) is 2.46. The number of rotatable bonds is 2. The quantitative estimate of drug-likeness (QED) is 0.781. The second kappa shape index (κ2) is 3.76. The fraction of sp³-hybridized carbons (Fsp3) is 0.250. The molecule has 0 saturated carbocycles. The normalized spacial score (nSPS) is 10.7. The maximum Gasteiger partial charge on any atom is 0.0702 e. The Morgan fingerprint density at radius 2 is 2.00 bits per heavy atom. The van der Waals surface area contributed by atoms with Crippen molar-refractivity contribution in [3.63, 3.8) is 0 Å². The fourth-order valence-electron chi connectivity index (χ4n) is 1.55. The molecule has 0 bridgehead atoms. The SMILES string of the molecule is CCc1cnc2ccc(CN)cc2c1. The van der Waals surface area contributed by atoms with Gasteiger partial charge in [0.25, 0.3) is 0 Å². The topological polar surface area (TPSA) is 38.9 Å². The van der Waals surface area contributed by atoms with E-state index in [0.717, 1.165) is 17.5 Å². The fourth-order valence-corrected chi connectivity index (χ4v) is 1.55. The first-order valence-corrected chi connectivity index (χ1v) is 4.91. The summed E-state index contributed by atoms with van der Waals surface area (Å²) in [5.41, 5.74) is 9.06. The maximum atomic E-state index is 5.59. The number of hydrogen-bond donors (Lipinski definition) is 1. The molecule has 1 aromatic heterocycles. The number of pyridine rings is 1. The summed E-state index contributed by atoms with van der Waals surface area (Å²) >= 11 is 0. The van der Waals surface area contributed by atoms with Gasteiger partial charge in [0.15, 0.2) is 0 Å². The standard InChI is InChI=1S/C12H14N2/c1-2-9-5-11-6-10(7-13)3-4-12(11)14-8-9/h3-6,8H,2,7,13H2,1H3. The Bertz CT molecular complexity index is 410. The summed E-state index contributed by atoms with van der Waals surface area (Å²) in [6.07, 6.45) is 2.96. The maximum absolute atomic E-state index is 5.59. The van der Waals surface area contributed by atoms with E-state index in [0.29, 0.717) is 6.54 Å². The molecular weight excluding hydrogens is 172 g/mol. The van der Waals surface area contributed by atoms with Gasteiger partial charge in [-0.1, -0.05) is 13.0 Å². The number of benzene rings is 1. The van der Waals surface area contributed by atoms with Crippen LogP contribution in [0, 0.1) is 0 Å². The summed E-state index contributed by atoms with van der Waals surface area (Å²) < 4.78 is 0. The molecule has 0 saturated heterocycles. The van der Waals surface area contributed by atoms with Crippen LogP contribution in [0.4, 0.5) is 0 Å². The summed E-state index contributed by atoms with van der Waals surface area (Å²) in [6, 6.07) is 8.35. The van der Waals surface area contributed by atoms with E-state index in [4.69, 9.17) is 5.73 Å². The van der Waals surface area contributed by atoms with E-state index in [1.807, 2.05) is 18.3 Å². The number of fused-ring (bicyclic) bond motifs is 1. The molecule has 2 nitrogen and oxygen atoms in total. The van der Waals surface area contributed by atoms with Crippen LogP contribution in [0.25, 0.3) is 10.9 Å². The van der Waals surface area contributed by atoms with Gasteiger partial charge in [-0.05, 0) is 35.7 Å². The molecule has 0 fully saturated rings. The van der Waals surface area contributed by atoms with Crippen LogP contribution in [0.15, 0.2) is 30.5 Å². The van der Waals surface area contributed by atoms with Crippen molar-refractivity contribution in [3.05, 3.63) is 41.6 Å². The number of nitrogens with zero attached hydrogens (tertiary/aromatic N) is 1. The van der Waals surface area contributed by atoms with Crippen molar-refractivity contribution in [2.45, 2.75) is 19.9 Å². The lowest BCUT2D eigenvalue weighted by Gasteiger charge is -2.02. The van der Waals surface area contributed by atoms with Gasteiger partial charge in [-0.25, -0.2) is 0 Å². The highest BCUT2D eigenvalue weighted by atomic mass is 14.6. The molecule has 72 valence electrons. The summed E-state index contributed by atoms with van der Waals surface area (Å²) in [6.45, 7) is 2.72. The van der Waals surface area contributed by atoms with Crippen molar-refractivity contribution in [3.8, 4) is 0 Å². The first-order chi connectivity index (χ1) is 6.83. The van der Waals surface area contributed by atoms with Gasteiger partial charge in [0.2, 0.25) is 0 Å². The lowest BCUT2D eigenvalue weighted by Crippen LogP contribution is -1.96. The van der Waals surface area contributed by atoms with Crippen LogP contribution in [-0.2, 0) is 13.0 Å². The third-order valence-corrected chi connectivity index (χ3v) is 2.45. The van der Waals surface area contributed by atoms with Crippen LogP contribution in [0.1, 0.15) is 18.1 Å². The molecule has 0 radical (unpaired) electrons. The molecule has 0 aliphatic carbocycles. The van der Waals surface area contributed by atoms with E-state index in [1.54, 1.807) is 0 Å². The molecule has 1 heterocycles. The summed E-state index contributed by atoms with van der Waals surface area (Å²) in [5.74, 6) is 0. The van der Waals surface area contributed by atoms with E-state index in [1.165, 1.54) is 10.9 Å². The molecule has 0 amide bonds. The molecule has 0 atom stereocenters. The van der Waals surface area contributed by atoms with Crippen molar-refractivity contribution in [2.75, 3.05) is 0 Å². The van der Waals surface area contributed by atoms with Crippen molar-refractivity contribution < 1.29 is 0 Å². The third-order valence-electron chi connectivity index (χ3n) is 2.45. The summed E-state index contributed by atoms with van der Waals surface area (Å²) in [4.78, 5) is 4.39. The first-order valence-electron chi connectivity index (χ1n) is 4.91. The van der Waals surface area contributed by atoms with Crippen molar-refractivity contribution in [1.29, 1.82) is 0 Å². The van der Waals surface area contributed by atoms with Crippen molar-refractivity contribution in [2.24, 2.45) is 5.73 Å². The zero-order valence-corrected chi connectivity index (χ0v) is 8.33. The van der Waals surface area contributed by atoms with E-state index in [-0.39, 0.29) is 0 Å². The van der Waals surface area contributed by atoms with E-state index < -0.39 is 0 Å². The Morgan fingerprint density at radius 1 is 1.21 bits per heavy atom. The number of aromatic nitrogens is 1. The van der Waals surface area contributed by atoms with Gasteiger partial charge in [0.05, 0.1) is 5.52 Å². The largest absolute Gasteiger partial charge is 0.326 e. The second-order valence-electron chi connectivity index (χ2n) is 3.43. The molecule has 1 aromatic carbocycles. The van der Waals surface area contributed by atoms with Gasteiger partial charge in [0.1, 0.15) is 0 Å². The Labute approximate surface area is 83.8 Å². The first kappa shape index (κ1) is 9.16. The monoisotopic (exact) mass is 186 g/mol. The highest BCUT2D eigenvalue weighted by Crippen LogP contribution is 2.15. The summed E-state index contributed by atoms with van der Waals surface area (Å²) in [7, 11) is 0. The molecule has 14 heavy (non-hydrogen) atoms. The number of aryl methyl sites for hydroxylation is 1. The average Bonchev–Trinajstić information content (AvgIpc) is 2.27. The van der Waals surface area contributed by atoms with Gasteiger partial charge >= 0.3 is 0 Å². The molecule has 0 aliphatic rings. The van der Waals surface area contributed by atoms with Crippen LogP contribution >= 0.6 is 0 Å². The predicted octanol–water partition coefficient (Wildman–Crippen LogP) is 2.26. The Hall–Kier alpha value is -1.41. The average molecular weight is 186 g/mol. The van der Waals surface area contributed by atoms with E-state index >= 15 is 0 Å². The van der Waals surface area contributed by atoms with Crippen LogP contribution in [-0.4, -0.2) is 4.98 Å². The lowest BCUT2D eigenvalue weighted by molar-refractivity contribution is 1.07. The highest BCUT2D eigenvalue weighted by molar-refractivity contribution is 5.79. The summed E-state index contributed by atoms with van der Waals surface area (Å²) in [5, 5.41) is 1.19. The zero-order chi connectivity index (χ0) is 9.97. The highest BCUT2D eigenvalue weighted by Gasteiger charge is 1.97. The molecular formula is C12H14N2. The molecule has 0 spiro atoms. The number of hydrogen-bond acceptors (Lipinski definition) is 2. The predicted molar refractivity (Wildman–Crippen MR) is 59.0 cm³/mol. The van der Waals surface area contributed by atoms with Gasteiger partial charge in [0, 0.05) is 18.1 Å². The number of nitrogens with two attached hydrogens (primary N) is 1. The van der Waals surface area contributed by atoms with Crippen LogP contribution in [0.3, 0.4) is 0 Å². The molecule has 2 aromatic rings. The molecule has 0 unspecified atom stereocenters. The van der Waals surface area contributed by atoms with Crippen LogP contribution in [0.2, 0.25) is 0 Å². The third kappa shape index (κ3) is 1.61. The van der Waals surface area contributed by atoms with Crippen molar-refractivity contribution in [1.82, 2.24) is 4.98 Å². The minimum absolute atomic E-state index is 0.590. The Morgan fingerprint density at radius 3 is 2.71 bits per heavy atom. The van der Waals surface area contributed by atoms with Gasteiger partial charge in [-0.2, -0.15) is 0 Å². The zero-order valence-electron chi connectivity index (χ0n) is 8.33. The second-order valence-corrected chi connectivity index (χ2v) is 3.43. The van der Waals surface area contributed by atoms with E-state index in [9.17, 15) is 0 Å². The Balaban J connectivity index is 2.60. The van der Waals surface area contributed by atoms with Crippen LogP contribution < -0.4 is 5.73 Å². The minimum Gasteiger partial charge on any atom is -0.326 e. The van der Waals surface area contributed by atoms with Crippen molar-refractivity contribution >= 4 is 10.9 Å². The van der Waals surface area contributed by atoms with Gasteiger partial charge in [-0.15, -0.1) is 0 Å². The molecule has 2 rings (SSSR count). The lowest BCUT2D eigenvalue weighted by atomic mass is 10.1. The molecule has 2 N–H and O–H groups in total. The minimum atomic E-state index is 0.590. The van der Waals surface area contributed by atoms with E-state index in [2.05, 4.69) is 24.0 Å². The molecule has 0 aliphatic heterocycles.